The topological polar surface area (TPSA) is 51.0 Å². The van der Waals surface area contributed by atoms with E-state index in [0.717, 1.165) is 22.5 Å². The van der Waals surface area contributed by atoms with E-state index in [1.165, 1.54) is 4.90 Å². The summed E-state index contributed by atoms with van der Waals surface area (Å²) < 4.78 is 27.0. The predicted octanol–water partition coefficient (Wildman–Crippen LogP) is 3.46. The van der Waals surface area contributed by atoms with E-state index in [-0.39, 0.29) is 12.5 Å². The molecule has 0 N–H and O–H groups in total. The first-order chi connectivity index (χ1) is 12.5. The Hall–Kier alpha value is -3.09. The van der Waals surface area contributed by atoms with Gasteiger partial charge in [0.05, 0.1) is 17.9 Å². The SMILES string of the molecule is Cc1c(-c2ccc3c(c2)CN(CC(F)F)C3=O)nnn1-c1ccccc1. The summed E-state index contributed by atoms with van der Waals surface area (Å²) >= 11 is 0. The Bertz CT molecular complexity index is 969. The Labute approximate surface area is 148 Å². The van der Waals surface area contributed by atoms with E-state index in [0.29, 0.717) is 11.3 Å². The molecule has 0 saturated heterocycles. The van der Waals surface area contributed by atoms with Gasteiger partial charge in [0.1, 0.15) is 5.69 Å². The maximum Gasteiger partial charge on any atom is 0.255 e. The Morgan fingerprint density at radius 3 is 2.65 bits per heavy atom. The molecule has 26 heavy (non-hydrogen) atoms. The number of aromatic nitrogens is 3. The molecular weight excluding hydrogens is 338 g/mol. The number of carbonyl (C=O) groups is 1. The monoisotopic (exact) mass is 354 g/mol. The number of para-hydroxylation sites is 1. The van der Waals surface area contributed by atoms with Crippen LogP contribution in [-0.2, 0) is 6.54 Å². The van der Waals surface area contributed by atoms with Crippen molar-refractivity contribution in [3.05, 3.63) is 65.4 Å². The highest BCUT2D eigenvalue weighted by Gasteiger charge is 2.29. The fraction of sp³-hybridized carbons (Fsp3) is 0.211. The molecule has 2 heterocycles. The van der Waals surface area contributed by atoms with Crippen LogP contribution in [0.2, 0.25) is 0 Å². The van der Waals surface area contributed by atoms with Crippen molar-refractivity contribution in [2.45, 2.75) is 19.9 Å². The summed E-state index contributed by atoms with van der Waals surface area (Å²) in [5, 5.41) is 8.48. The zero-order valence-corrected chi connectivity index (χ0v) is 14.1. The number of hydrogen-bond donors (Lipinski definition) is 0. The van der Waals surface area contributed by atoms with Crippen LogP contribution in [0.15, 0.2) is 48.5 Å². The molecule has 132 valence electrons. The lowest BCUT2D eigenvalue weighted by Gasteiger charge is -2.13. The molecular formula is C19H16F2N4O. The van der Waals surface area contributed by atoms with Crippen LogP contribution in [0.5, 0.6) is 0 Å². The molecule has 1 aliphatic heterocycles. The summed E-state index contributed by atoms with van der Waals surface area (Å²) in [5.74, 6) is -0.350. The van der Waals surface area contributed by atoms with Crippen LogP contribution in [0.4, 0.5) is 8.78 Å². The van der Waals surface area contributed by atoms with E-state index in [2.05, 4.69) is 10.3 Å². The quantitative estimate of drug-likeness (QED) is 0.721. The van der Waals surface area contributed by atoms with Crippen molar-refractivity contribution in [3.63, 3.8) is 0 Å². The van der Waals surface area contributed by atoms with Gasteiger partial charge < -0.3 is 4.90 Å². The second kappa shape index (κ2) is 6.33. The van der Waals surface area contributed by atoms with Gasteiger partial charge in [-0.1, -0.05) is 29.5 Å². The first-order valence-electron chi connectivity index (χ1n) is 8.23. The van der Waals surface area contributed by atoms with E-state index in [4.69, 9.17) is 0 Å². The first kappa shape index (κ1) is 16.4. The molecule has 5 nitrogen and oxygen atoms in total. The van der Waals surface area contributed by atoms with E-state index in [1.807, 2.05) is 43.3 Å². The minimum absolute atomic E-state index is 0.193. The van der Waals surface area contributed by atoms with Gasteiger partial charge in [-0.3, -0.25) is 4.79 Å². The van der Waals surface area contributed by atoms with Crippen LogP contribution in [-0.4, -0.2) is 38.8 Å². The van der Waals surface area contributed by atoms with Crippen LogP contribution in [0, 0.1) is 6.92 Å². The van der Waals surface area contributed by atoms with Crippen molar-refractivity contribution in [3.8, 4) is 16.9 Å². The van der Waals surface area contributed by atoms with Gasteiger partial charge in [0.15, 0.2) is 0 Å². The average Bonchev–Trinajstić information content (AvgIpc) is 3.15. The summed E-state index contributed by atoms with van der Waals surface area (Å²) in [6, 6.07) is 15.0. The molecule has 1 aliphatic rings. The van der Waals surface area contributed by atoms with Crippen LogP contribution in [0.25, 0.3) is 16.9 Å². The summed E-state index contributed by atoms with van der Waals surface area (Å²) in [4.78, 5) is 13.4. The highest BCUT2D eigenvalue weighted by atomic mass is 19.3. The van der Waals surface area contributed by atoms with Gasteiger partial charge in [-0.15, -0.1) is 5.10 Å². The van der Waals surface area contributed by atoms with Gasteiger partial charge in [0, 0.05) is 17.7 Å². The highest BCUT2D eigenvalue weighted by molar-refractivity contribution is 5.99. The maximum absolute atomic E-state index is 12.6. The maximum atomic E-state index is 12.6. The van der Waals surface area contributed by atoms with Crippen LogP contribution < -0.4 is 0 Å². The van der Waals surface area contributed by atoms with Gasteiger partial charge in [-0.05, 0) is 36.8 Å². The van der Waals surface area contributed by atoms with Crippen molar-refractivity contribution >= 4 is 5.91 Å². The second-order valence-corrected chi connectivity index (χ2v) is 6.22. The Morgan fingerprint density at radius 1 is 1.15 bits per heavy atom. The number of alkyl halides is 2. The lowest BCUT2D eigenvalue weighted by atomic mass is 10.0. The van der Waals surface area contributed by atoms with E-state index >= 15 is 0 Å². The molecule has 0 aliphatic carbocycles. The Balaban J connectivity index is 1.68. The zero-order chi connectivity index (χ0) is 18.3. The second-order valence-electron chi connectivity index (χ2n) is 6.22. The number of carbonyl (C=O) groups excluding carboxylic acids is 1. The van der Waals surface area contributed by atoms with Gasteiger partial charge in [0.2, 0.25) is 0 Å². The number of rotatable bonds is 4. The van der Waals surface area contributed by atoms with Crippen LogP contribution in [0.1, 0.15) is 21.6 Å². The van der Waals surface area contributed by atoms with Crippen LogP contribution >= 0.6 is 0 Å². The smallest absolute Gasteiger partial charge is 0.255 e. The van der Waals surface area contributed by atoms with Crippen molar-refractivity contribution in [1.29, 1.82) is 0 Å². The molecule has 0 bridgehead atoms. The predicted molar refractivity (Wildman–Crippen MR) is 92.3 cm³/mol. The number of fused-ring (bicyclic) bond motifs is 1. The first-order valence-corrected chi connectivity index (χ1v) is 8.23. The summed E-state index contributed by atoms with van der Waals surface area (Å²) in [5.41, 5.74) is 4.50. The van der Waals surface area contributed by atoms with Crippen molar-refractivity contribution in [2.24, 2.45) is 0 Å². The molecule has 0 unspecified atom stereocenters. The minimum Gasteiger partial charge on any atom is -0.329 e. The van der Waals surface area contributed by atoms with Gasteiger partial charge >= 0.3 is 0 Å². The van der Waals surface area contributed by atoms with Gasteiger partial charge in [-0.25, -0.2) is 13.5 Å². The van der Waals surface area contributed by atoms with Gasteiger partial charge in [0.25, 0.3) is 12.3 Å². The third kappa shape index (κ3) is 2.75. The molecule has 0 radical (unpaired) electrons. The number of hydrogen-bond acceptors (Lipinski definition) is 3. The summed E-state index contributed by atoms with van der Waals surface area (Å²) in [7, 11) is 0. The third-order valence-corrected chi connectivity index (χ3v) is 4.51. The molecule has 7 heteroatoms. The summed E-state index contributed by atoms with van der Waals surface area (Å²) in [6.07, 6.45) is -2.54. The van der Waals surface area contributed by atoms with Crippen molar-refractivity contribution in [2.75, 3.05) is 6.54 Å². The van der Waals surface area contributed by atoms with E-state index in [9.17, 15) is 13.6 Å². The lowest BCUT2D eigenvalue weighted by molar-refractivity contribution is 0.0577. The van der Waals surface area contributed by atoms with E-state index < -0.39 is 13.0 Å². The molecule has 1 aromatic heterocycles. The normalized spacial score (nSPS) is 13.5. The zero-order valence-electron chi connectivity index (χ0n) is 14.1. The average molecular weight is 354 g/mol. The Morgan fingerprint density at radius 2 is 1.92 bits per heavy atom. The number of amides is 1. The fourth-order valence-corrected chi connectivity index (χ4v) is 3.25. The Kier molecular flexibility index (Phi) is 3.99. The molecule has 0 fully saturated rings. The van der Waals surface area contributed by atoms with E-state index in [1.54, 1.807) is 16.8 Å². The number of halogens is 2. The summed E-state index contributed by atoms with van der Waals surface area (Å²) in [6.45, 7) is 1.56. The fourth-order valence-electron chi connectivity index (χ4n) is 3.25. The standard InChI is InChI=1S/C19H16F2N4O/c1-12-18(22-23-25(12)15-5-3-2-4-6-15)13-7-8-16-14(9-13)10-24(19(16)26)11-17(20)21/h2-9,17H,10-11H2,1H3. The minimum atomic E-state index is -2.54. The van der Waals surface area contributed by atoms with Crippen molar-refractivity contribution < 1.29 is 13.6 Å². The van der Waals surface area contributed by atoms with Crippen molar-refractivity contribution in [1.82, 2.24) is 19.9 Å². The highest BCUT2D eigenvalue weighted by Crippen LogP contribution is 2.30. The largest absolute Gasteiger partial charge is 0.329 e. The molecule has 1 amide bonds. The lowest BCUT2D eigenvalue weighted by Crippen LogP contribution is -2.29. The molecule has 2 aromatic carbocycles. The molecule has 0 saturated carbocycles. The molecule has 3 aromatic rings. The third-order valence-electron chi connectivity index (χ3n) is 4.51. The number of benzene rings is 2. The van der Waals surface area contributed by atoms with Crippen LogP contribution in [0.3, 0.4) is 0 Å². The molecule has 4 rings (SSSR count). The molecule has 0 spiro atoms. The number of nitrogens with zero attached hydrogens (tertiary/aromatic N) is 4. The molecule has 0 atom stereocenters. The van der Waals surface area contributed by atoms with Gasteiger partial charge in [-0.2, -0.15) is 0 Å².